The van der Waals surface area contributed by atoms with Crippen molar-refractivity contribution in [3.05, 3.63) is 61.4 Å². The van der Waals surface area contributed by atoms with Crippen molar-refractivity contribution in [1.29, 1.82) is 0 Å². The fraction of sp³-hybridized carbons (Fsp3) is 0.516. The van der Waals surface area contributed by atoms with E-state index in [4.69, 9.17) is 25.7 Å². The largest absolute Gasteiger partial charge is 0.466 e. The first-order valence-electron chi connectivity index (χ1n) is 15.7. The molecule has 7 N–H and O–H groups in total. The Morgan fingerprint density at radius 2 is 1.45 bits per heavy atom. The monoisotopic (exact) mass is 689 g/mol. The molecule has 0 radical (unpaired) electrons. The van der Waals surface area contributed by atoms with E-state index in [2.05, 4.69) is 20.6 Å². The number of nitrogen functional groups attached to an aromatic ring is 2. The fourth-order valence-corrected chi connectivity index (χ4v) is 4.85. The highest BCUT2D eigenvalue weighted by Crippen LogP contribution is 2.24. The number of aromatic amines is 1. The molecule has 18 nitrogen and oxygen atoms in total. The molecule has 0 saturated heterocycles. The van der Waals surface area contributed by atoms with Gasteiger partial charge in [-0.3, -0.25) is 34.3 Å². The number of nitrogens with two attached hydrogens (primary N) is 2. The summed E-state index contributed by atoms with van der Waals surface area (Å²) < 4.78 is 14.9. The second-order valence-electron chi connectivity index (χ2n) is 10.7. The van der Waals surface area contributed by atoms with Crippen LogP contribution in [0, 0.1) is 10.1 Å². The van der Waals surface area contributed by atoms with Crippen molar-refractivity contribution in [2.45, 2.75) is 77.3 Å². The SMILES string of the molecule is CCOC(=O)CC[C@H](NC(=O)CC[C@H](NC(=O)c1ccc(CCC(C[N+](=O)[O-])c2c(N)nc(N)[nH]c2=O)cc1)C(=O)OCC)C(=O)OCC. The Labute approximate surface area is 281 Å². The minimum absolute atomic E-state index is 0.0201. The van der Waals surface area contributed by atoms with Crippen molar-refractivity contribution >= 4 is 41.5 Å². The van der Waals surface area contributed by atoms with Crippen LogP contribution in [0.4, 0.5) is 11.8 Å². The molecular weight excluding hydrogens is 646 g/mol. The summed E-state index contributed by atoms with van der Waals surface area (Å²) in [6.07, 6.45) is -0.179. The highest BCUT2D eigenvalue weighted by molar-refractivity contribution is 5.97. The lowest BCUT2D eigenvalue weighted by Crippen LogP contribution is -2.45. The van der Waals surface area contributed by atoms with Crippen molar-refractivity contribution in [1.82, 2.24) is 20.6 Å². The van der Waals surface area contributed by atoms with E-state index in [9.17, 15) is 38.9 Å². The number of benzene rings is 1. The summed E-state index contributed by atoms with van der Waals surface area (Å²) in [5, 5.41) is 16.4. The van der Waals surface area contributed by atoms with Gasteiger partial charge in [0.25, 0.3) is 11.5 Å². The molecular formula is C31H43N7O11. The van der Waals surface area contributed by atoms with Crippen LogP contribution in [0.5, 0.6) is 0 Å². The van der Waals surface area contributed by atoms with E-state index in [1.807, 2.05) is 0 Å². The maximum atomic E-state index is 13.1. The Kier molecular flexibility index (Phi) is 16.1. The summed E-state index contributed by atoms with van der Waals surface area (Å²) in [6, 6.07) is 3.88. The quantitative estimate of drug-likeness (QED) is 0.0556. The van der Waals surface area contributed by atoms with Crippen molar-refractivity contribution < 1.29 is 43.1 Å². The van der Waals surface area contributed by atoms with Gasteiger partial charge in [-0.05, 0) is 64.2 Å². The number of nitrogens with zero attached hydrogens (tertiary/aromatic N) is 2. The first kappa shape index (κ1) is 39.6. The maximum absolute atomic E-state index is 13.1. The van der Waals surface area contributed by atoms with Gasteiger partial charge in [0.05, 0.1) is 31.3 Å². The molecule has 0 aliphatic rings. The van der Waals surface area contributed by atoms with Gasteiger partial charge in [-0.25, -0.2) is 9.59 Å². The van der Waals surface area contributed by atoms with E-state index < -0.39 is 64.8 Å². The van der Waals surface area contributed by atoms with Gasteiger partial charge in [0, 0.05) is 23.3 Å². The van der Waals surface area contributed by atoms with Gasteiger partial charge in [-0.15, -0.1) is 0 Å². The van der Waals surface area contributed by atoms with Crippen LogP contribution in [0.3, 0.4) is 0 Å². The summed E-state index contributed by atoms with van der Waals surface area (Å²) in [5.41, 5.74) is 11.5. The number of nitro groups is 1. The number of amides is 2. The third-order valence-electron chi connectivity index (χ3n) is 7.16. The lowest BCUT2D eigenvalue weighted by atomic mass is 9.93. The van der Waals surface area contributed by atoms with Gasteiger partial charge >= 0.3 is 17.9 Å². The number of nitrogens with one attached hydrogen (secondary N) is 3. The number of anilines is 2. The Morgan fingerprint density at radius 1 is 0.878 bits per heavy atom. The zero-order valence-corrected chi connectivity index (χ0v) is 27.7. The number of hydrogen-bond acceptors (Lipinski definition) is 14. The predicted octanol–water partition coefficient (Wildman–Crippen LogP) is 0.760. The molecule has 1 aromatic carbocycles. The second kappa shape index (κ2) is 20.0. The van der Waals surface area contributed by atoms with Crippen molar-refractivity contribution in [2.75, 3.05) is 37.8 Å². The average molecular weight is 690 g/mol. The van der Waals surface area contributed by atoms with Crippen LogP contribution >= 0.6 is 0 Å². The molecule has 2 rings (SSSR count). The van der Waals surface area contributed by atoms with E-state index in [1.54, 1.807) is 32.9 Å². The highest BCUT2D eigenvalue weighted by Gasteiger charge is 2.28. The number of rotatable bonds is 20. The summed E-state index contributed by atoms with van der Waals surface area (Å²) in [5.74, 6) is -4.56. The number of hydrogen-bond donors (Lipinski definition) is 5. The third-order valence-corrected chi connectivity index (χ3v) is 7.16. The summed E-state index contributed by atoms with van der Waals surface area (Å²) >= 11 is 0. The molecule has 49 heavy (non-hydrogen) atoms. The van der Waals surface area contributed by atoms with Crippen LogP contribution in [0.1, 0.15) is 80.3 Å². The normalized spacial score (nSPS) is 12.6. The number of H-pyrrole nitrogens is 1. The highest BCUT2D eigenvalue weighted by atomic mass is 16.6. The number of carbonyl (C=O) groups is 5. The van der Waals surface area contributed by atoms with E-state index in [1.165, 1.54) is 12.1 Å². The van der Waals surface area contributed by atoms with Gasteiger partial charge in [0.15, 0.2) is 0 Å². The first-order valence-corrected chi connectivity index (χ1v) is 15.7. The zero-order chi connectivity index (χ0) is 36.5. The third kappa shape index (κ3) is 13.2. The molecule has 0 spiro atoms. The molecule has 18 heteroatoms. The zero-order valence-electron chi connectivity index (χ0n) is 27.7. The van der Waals surface area contributed by atoms with Gasteiger partial charge in [-0.2, -0.15) is 4.98 Å². The molecule has 2 aromatic rings. The molecule has 268 valence electrons. The topological polar surface area (TPSA) is 278 Å². The Hall–Kier alpha value is -5.55. The maximum Gasteiger partial charge on any atom is 0.328 e. The number of aromatic nitrogens is 2. The summed E-state index contributed by atoms with van der Waals surface area (Å²) in [6.45, 7) is 4.49. The molecule has 0 bridgehead atoms. The van der Waals surface area contributed by atoms with Crippen LogP contribution in [0.25, 0.3) is 0 Å². The standard InChI is InChI=1S/C31H43N7O11/c1-4-47-24(40)16-14-21(29(43)48-5-2)34-23(39)15-13-22(30(44)49-6-3)35-27(41)19-10-7-18(8-11-19)9-12-20(17-38(45)46)25-26(32)36-31(33)37-28(25)42/h7-8,10-11,20-22H,4-6,9,12-17H2,1-3H3,(H,34,39)(H,35,41)(H5,32,33,36,37,42)/t20?,21-,22-/m0/s1. The second-order valence-corrected chi connectivity index (χ2v) is 10.7. The van der Waals surface area contributed by atoms with Crippen LogP contribution < -0.4 is 27.7 Å². The number of esters is 3. The van der Waals surface area contributed by atoms with Crippen LogP contribution in [-0.2, 0) is 39.8 Å². The molecule has 0 aliphatic carbocycles. The molecule has 0 saturated carbocycles. The molecule has 3 atom stereocenters. The van der Waals surface area contributed by atoms with Crippen molar-refractivity contribution in [3.63, 3.8) is 0 Å². The number of aryl methyl sites for hydroxylation is 1. The van der Waals surface area contributed by atoms with E-state index in [-0.39, 0.29) is 81.2 Å². The molecule has 1 aromatic heterocycles. The fourth-order valence-electron chi connectivity index (χ4n) is 4.85. The molecule has 1 heterocycles. The van der Waals surface area contributed by atoms with Crippen molar-refractivity contribution in [2.24, 2.45) is 0 Å². The van der Waals surface area contributed by atoms with Crippen molar-refractivity contribution in [3.8, 4) is 0 Å². The lowest BCUT2D eigenvalue weighted by molar-refractivity contribution is -0.483. The molecule has 0 fully saturated rings. The molecule has 2 amide bonds. The van der Waals surface area contributed by atoms with Gasteiger partial charge in [0.2, 0.25) is 18.4 Å². The van der Waals surface area contributed by atoms with Gasteiger partial charge in [0.1, 0.15) is 17.9 Å². The van der Waals surface area contributed by atoms with Gasteiger partial charge in [-0.1, -0.05) is 12.1 Å². The Balaban J connectivity index is 2.07. The summed E-state index contributed by atoms with van der Waals surface area (Å²) in [4.78, 5) is 91.9. The lowest BCUT2D eigenvalue weighted by Gasteiger charge is -2.19. The predicted molar refractivity (Wildman–Crippen MR) is 175 cm³/mol. The van der Waals surface area contributed by atoms with Crippen LogP contribution in [0.15, 0.2) is 29.1 Å². The molecule has 0 aliphatic heterocycles. The molecule has 1 unspecified atom stereocenters. The smallest absolute Gasteiger partial charge is 0.328 e. The van der Waals surface area contributed by atoms with E-state index in [0.29, 0.717) is 5.56 Å². The van der Waals surface area contributed by atoms with E-state index >= 15 is 0 Å². The van der Waals surface area contributed by atoms with Crippen LogP contribution in [0.2, 0.25) is 0 Å². The van der Waals surface area contributed by atoms with E-state index in [0.717, 1.165) is 0 Å². The summed E-state index contributed by atoms with van der Waals surface area (Å²) in [7, 11) is 0. The Morgan fingerprint density at radius 3 is 2.00 bits per heavy atom. The minimum atomic E-state index is -1.21. The number of ether oxygens (including phenoxy) is 3. The Bertz CT molecular complexity index is 1530. The van der Waals surface area contributed by atoms with Crippen LogP contribution in [-0.4, -0.2) is 83.1 Å². The average Bonchev–Trinajstić information content (AvgIpc) is 3.03. The number of carbonyl (C=O) groups excluding carboxylic acids is 5. The van der Waals surface area contributed by atoms with Gasteiger partial charge < -0.3 is 36.3 Å². The first-order chi connectivity index (χ1) is 23.3. The minimum Gasteiger partial charge on any atom is -0.466 e.